The number of ether oxygens (including phenoxy) is 6. The van der Waals surface area contributed by atoms with E-state index < -0.39 is 158 Å². The van der Waals surface area contributed by atoms with E-state index >= 15 is 0 Å². The summed E-state index contributed by atoms with van der Waals surface area (Å²) in [5, 5.41) is 120. The molecule has 344 valence electrons. The van der Waals surface area contributed by atoms with Crippen molar-refractivity contribution in [3.05, 3.63) is 113 Å². The molecule has 0 aromatic heterocycles. The molecule has 5 aromatic carbocycles. The number of rotatable bonds is 12. The lowest BCUT2D eigenvalue weighted by atomic mass is 9.97. The number of hydrogen-bond acceptors (Lipinski definition) is 23. The Morgan fingerprint density at radius 1 is 0.455 bits per heavy atom. The lowest BCUT2D eigenvalue weighted by Gasteiger charge is -2.43. The van der Waals surface area contributed by atoms with E-state index in [2.05, 4.69) is 0 Å². The van der Waals surface area contributed by atoms with Gasteiger partial charge in [0.05, 0.1) is 22.3 Å². The summed E-state index contributed by atoms with van der Waals surface area (Å²) >= 11 is 0. The van der Waals surface area contributed by atoms with Gasteiger partial charge < -0.3 is 89.7 Å². The zero-order valence-corrected chi connectivity index (χ0v) is 33.1. The molecule has 23 nitrogen and oxygen atoms in total. The smallest absolute Gasteiger partial charge is 0.340 e. The van der Waals surface area contributed by atoms with Gasteiger partial charge in [0, 0.05) is 6.08 Å². The van der Waals surface area contributed by atoms with Crippen molar-refractivity contribution in [2.45, 2.75) is 30.7 Å². The predicted molar refractivity (Wildman–Crippen MR) is 214 cm³/mol. The highest BCUT2D eigenvalue weighted by molar-refractivity contribution is 5.94. The number of carbonyl (C=O) groups is 5. The molecule has 1 heterocycles. The molecule has 6 rings (SSSR count). The molecule has 12 N–H and O–H groups in total. The highest BCUT2D eigenvalue weighted by Crippen LogP contribution is 2.40. The van der Waals surface area contributed by atoms with E-state index in [9.17, 15) is 85.3 Å². The molecule has 0 amide bonds. The topological polar surface area (TPSA) is 383 Å². The van der Waals surface area contributed by atoms with Gasteiger partial charge in [-0.3, -0.25) is 0 Å². The lowest BCUT2D eigenvalue weighted by Crippen LogP contribution is -2.63. The van der Waals surface area contributed by atoms with Gasteiger partial charge in [0.15, 0.2) is 81.2 Å². The van der Waals surface area contributed by atoms with Crippen LogP contribution in [-0.2, 0) is 33.2 Å². The minimum absolute atomic E-state index is 0.448. The summed E-state index contributed by atoms with van der Waals surface area (Å²) in [6.45, 7) is -1.16. The maximum absolute atomic E-state index is 13.9. The van der Waals surface area contributed by atoms with Crippen LogP contribution in [0, 0.1) is 0 Å². The maximum Gasteiger partial charge on any atom is 0.340 e. The molecule has 0 spiro atoms. The second-order valence-electron chi connectivity index (χ2n) is 13.9. The molecule has 23 heteroatoms. The molecule has 5 aromatic rings. The Hall–Kier alpha value is -9.25. The zero-order chi connectivity index (χ0) is 48.1. The lowest BCUT2D eigenvalue weighted by molar-refractivity contribution is -0.287. The van der Waals surface area contributed by atoms with Gasteiger partial charge in [-0.2, -0.15) is 0 Å². The van der Waals surface area contributed by atoms with Gasteiger partial charge in [-0.05, 0) is 60.2 Å². The van der Waals surface area contributed by atoms with Gasteiger partial charge in [-0.25, -0.2) is 24.0 Å². The molecule has 0 aliphatic carbocycles. The van der Waals surface area contributed by atoms with Crippen molar-refractivity contribution < 1.29 is 114 Å². The fourth-order valence-corrected chi connectivity index (χ4v) is 6.10. The Bertz CT molecular complexity index is 2660. The van der Waals surface area contributed by atoms with Crippen LogP contribution < -0.4 is 0 Å². The van der Waals surface area contributed by atoms with Gasteiger partial charge in [-0.15, -0.1) is 0 Å². The second kappa shape index (κ2) is 19.0. The number of hydrogen-bond donors (Lipinski definition) is 12. The maximum atomic E-state index is 13.9. The molecule has 1 aliphatic rings. The SMILES string of the molecule is O=C(C=Cc1ccccc1)O[C@H]1[C@H](OC(=O)c2cc(O)c(O)c(O)c2)O[C@H](COC(=O)c2cc(O)c(O)c(O)c2)[C@@H](OC(=O)c2cc(O)c(O)c(O)c2)[C@@H]1OC(=O)c1cc(O)c(O)c(O)c1. The van der Waals surface area contributed by atoms with Crippen LogP contribution >= 0.6 is 0 Å². The fourth-order valence-electron chi connectivity index (χ4n) is 6.10. The summed E-state index contributed by atoms with van der Waals surface area (Å²) in [7, 11) is 0. The molecule has 1 fully saturated rings. The summed E-state index contributed by atoms with van der Waals surface area (Å²) in [4.78, 5) is 68.2. The third-order valence-corrected chi connectivity index (χ3v) is 9.36. The van der Waals surface area contributed by atoms with Crippen molar-refractivity contribution in [1.29, 1.82) is 0 Å². The first kappa shape index (κ1) is 46.3. The van der Waals surface area contributed by atoms with E-state index in [0.29, 0.717) is 54.1 Å². The van der Waals surface area contributed by atoms with E-state index in [4.69, 9.17) is 28.4 Å². The molecule has 0 bridgehead atoms. The van der Waals surface area contributed by atoms with E-state index in [-0.39, 0.29) is 0 Å². The third kappa shape index (κ3) is 10.2. The quantitative estimate of drug-likeness (QED) is 0.0370. The average molecular weight is 919 g/mol. The van der Waals surface area contributed by atoms with Crippen molar-refractivity contribution in [2.75, 3.05) is 6.61 Å². The number of benzene rings is 5. The number of phenols is 12. The highest BCUT2D eigenvalue weighted by atomic mass is 16.7. The van der Waals surface area contributed by atoms with Crippen LogP contribution in [0.15, 0.2) is 84.9 Å². The Balaban J connectivity index is 1.49. The fraction of sp³-hybridized carbons (Fsp3) is 0.140. The Labute approximate surface area is 368 Å². The van der Waals surface area contributed by atoms with E-state index in [1.807, 2.05) is 0 Å². The number of esters is 5. The van der Waals surface area contributed by atoms with Crippen molar-refractivity contribution in [1.82, 2.24) is 0 Å². The van der Waals surface area contributed by atoms with Gasteiger partial charge in [0.1, 0.15) is 12.7 Å². The normalized spacial score (nSPS) is 17.9. The first-order valence-corrected chi connectivity index (χ1v) is 18.6. The summed E-state index contributed by atoms with van der Waals surface area (Å²) in [6, 6.07) is 13.1. The summed E-state index contributed by atoms with van der Waals surface area (Å²) in [5.41, 5.74) is -2.31. The monoisotopic (exact) mass is 918 g/mol. The minimum atomic E-state index is -2.38. The van der Waals surface area contributed by atoms with Gasteiger partial charge >= 0.3 is 29.8 Å². The van der Waals surface area contributed by atoms with Gasteiger partial charge in [0.2, 0.25) is 12.4 Å². The second-order valence-corrected chi connectivity index (χ2v) is 13.9. The largest absolute Gasteiger partial charge is 0.504 e. The molecule has 1 saturated heterocycles. The average Bonchev–Trinajstić information content (AvgIpc) is 3.28. The Morgan fingerprint density at radius 3 is 1.23 bits per heavy atom. The van der Waals surface area contributed by atoms with Crippen molar-refractivity contribution in [3.8, 4) is 69.0 Å². The van der Waals surface area contributed by atoms with Gasteiger partial charge in [0.25, 0.3) is 0 Å². The van der Waals surface area contributed by atoms with E-state index in [0.717, 1.165) is 6.08 Å². The summed E-state index contributed by atoms with van der Waals surface area (Å²) in [5.74, 6) is -19.7. The predicted octanol–water partition coefficient (Wildman–Crippen LogP) is 2.97. The van der Waals surface area contributed by atoms with Crippen molar-refractivity contribution >= 4 is 35.9 Å². The molecule has 66 heavy (non-hydrogen) atoms. The number of carbonyl (C=O) groups excluding carboxylic acids is 5. The number of phenolic OH excluding ortho intramolecular Hbond substituents is 12. The first-order valence-electron chi connectivity index (χ1n) is 18.6. The molecular formula is C43H34O23. The third-order valence-electron chi connectivity index (χ3n) is 9.36. The van der Waals surface area contributed by atoms with Crippen LogP contribution in [0.2, 0.25) is 0 Å². The standard InChI is InChI=1S/C43H34O23/c44-22-8-18(9-23(45)32(22)53)39(57)61-16-30-36(64-40(58)19-10-24(46)33(54)25(47)11-19)37(65-41(59)20-12-26(48)34(55)27(49)13-20)38(63-31(52)7-6-17-4-2-1-3-5-17)43(62-30)66-42(60)21-14-28(50)35(56)29(51)15-21/h1-15,30,36-38,43-51,53-56H,16H2/t30-,36-,37+,38-,43+/m1/s1. The molecular weight excluding hydrogens is 884 g/mol. The number of aromatic hydroxyl groups is 12. The van der Waals surface area contributed by atoms with Crippen LogP contribution in [0.4, 0.5) is 0 Å². The summed E-state index contributed by atoms with van der Waals surface area (Å²) in [6.07, 6.45) is -9.30. The van der Waals surface area contributed by atoms with Crippen LogP contribution in [0.1, 0.15) is 47.0 Å². The molecule has 1 aliphatic heterocycles. The zero-order valence-electron chi connectivity index (χ0n) is 33.1. The van der Waals surface area contributed by atoms with E-state index in [1.54, 1.807) is 30.3 Å². The molecule has 0 saturated carbocycles. The van der Waals surface area contributed by atoms with Crippen LogP contribution in [0.5, 0.6) is 69.0 Å². The Morgan fingerprint density at radius 2 is 0.818 bits per heavy atom. The minimum Gasteiger partial charge on any atom is -0.504 e. The van der Waals surface area contributed by atoms with Crippen LogP contribution in [0.25, 0.3) is 6.08 Å². The van der Waals surface area contributed by atoms with Crippen molar-refractivity contribution in [3.63, 3.8) is 0 Å². The summed E-state index contributed by atoms with van der Waals surface area (Å²) < 4.78 is 33.6. The van der Waals surface area contributed by atoms with E-state index in [1.165, 1.54) is 6.08 Å². The van der Waals surface area contributed by atoms with Gasteiger partial charge in [-0.1, -0.05) is 30.3 Å². The molecule has 0 unspecified atom stereocenters. The van der Waals surface area contributed by atoms with Crippen LogP contribution in [0.3, 0.4) is 0 Å². The van der Waals surface area contributed by atoms with Crippen LogP contribution in [-0.4, -0.2) is 128 Å². The molecule has 5 atom stereocenters. The molecule has 0 radical (unpaired) electrons. The Kier molecular flexibility index (Phi) is 13.3. The highest BCUT2D eigenvalue weighted by Gasteiger charge is 2.55. The first-order chi connectivity index (χ1) is 31.2. The van der Waals surface area contributed by atoms with Crippen molar-refractivity contribution in [2.24, 2.45) is 0 Å².